The molecule has 2 amide bonds. The summed E-state index contributed by atoms with van der Waals surface area (Å²) in [5.74, 6) is -1.72. The van der Waals surface area contributed by atoms with E-state index in [0.29, 0.717) is 36.3 Å². The zero-order valence-electron chi connectivity index (χ0n) is 14.4. The van der Waals surface area contributed by atoms with Gasteiger partial charge in [0.25, 0.3) is 5.91 Å². The van der Waals surface area contributed by atoms with Crippen LogP contribution in [0.5, 0.6) is 0 Å². The van der Waals surface area contributed by atoms with Crippen LogP contribution in [-0.2, 0) is 9.59 Å². The zero-order chi connectivity index (χ0) is 18.8. The second kappa shape index (κ2) is 7.50. The van der Waals surface area contributed by atoms with Gasteiger partial charge < -0.3 is 15.3 Å². The molecular weight excluding hydrogens is 356 g/mol. The fourth-order valence-corrected chi connectivity index (χ4v) is 3.82. The standard InChI is InChI=1S/C19H21ClN2O4/c1-11-6-7-12(20)10-14(11)17(23)21-15-5-3-2-4-13-8-9-16(19(25)26)22(13)18(15)24/h2-3,6-7,10,13,15-16H,4-5,8-9H2,1H3,(H,21,23)(H,25,26)/b3-2-/t13-,15+,16+/m1/s1. The van der Waals surface area contributed by atoms with Crippen LogP contribution in [-0.4, -0.2) is 45.9 Å². The van der Waals surface area contributed by atoms with Gasteiger partial charge in [-0.25, -0.2) is 4.79 Å². The molecule has 3 rings (SSSR count). The van der Waals surface area contributed by atoms with Gasteiger partial charge in [0.15, 0.2) is 0 Å². The van der Waals surface area contributed by atoms with E-state index < -0.39 is 18.1 Å². The molecule has 1 aromatic carbocycles. The predicted molar refractivity (Wildman–Crippen MR) is 97.1 cm³/mol. The molecule has 0 radical (unpaired) electrons. The first-order valence-corrected chi connectivity index (χ1v) is 9.03. The van der Waals surface area contributed by atoms with Gasteiger partial charge in [-0.1, -0.05) is 29.8 Å². The summed E-state index contributed by atoms with van der Waals surface area (Å²) in [6.07, 6.45) is 5.90. The monoisotopic (exact) mass is 376 g/mol. The molecule has 6 nitrogen and oxygen atoms in total. The van der Waals surface area contributed by atoms with Gasteiger partial charge >= 0.3 is 5.97 Å². The molecule has 3 atom stereocenters. The molecule has 1 aromatic rings. The number of carbonyl (C=O) groups is 3. The molecule has 0 aromatic heterocycles. The lowest BCUT2D eigenvalue weighted by Crippen LogP contribution is -2.54. The number of carbonyl (C=O) groups excluding carboxylic acids is 2. The molecule has 0 saturated carbocycles. The number of hydrogen-bond acceptors (Lipinski definition) is 3. The number of halogens is 1. The van der Waals surface area contributed by atoms with Crippen molar-refractivity contribution in [2.24, 2.45) is 0 Å². The third-order valence-corrected chi connectivity index (χ3v) is 5.27. The first kappa shape index (κ1) is 18.5. The lowest BCUT2D eigenvalue weighted by molar-refractivity contribution is -0.150. The quantitative estimate of drug-likeness (QED) is 0.794. The van der Waals surface area contributed by atoms with E-state index in [0.717, 1.165) is 5.56 Å². The van der Waals surface area contributed by atoms with Crippen molar-refractivity contribution >= 4 is 29.4 Å². The summed E-state index contributed by atoms with van der Waals surface area (Å²) in [6.45, 7) is 1.79. The van der Waals surface area contributed by atoms with Crippen molar-refractivity contribution in [2.75, 3.05) is 0 Å². The summed E-state index contributed by atoms with van der Waals surface area (Å²) in [5, 5.41) is 12.6. The Morgan fingerprint density at radius 3 is 2.69 bits per heavy atom. The molecule has 0 aliphatic carbocycles. The van der Waals surface area contributed by atoms with Crippen molar-refractivity contribution in [1.29, 1.82) is 0 Å². The highest BCUT2D eigenvalue weighted by atomic mass is 35.5. The number of fused-ring (bicyclic) bond motifs is 1. The van der Waals surface area contributed by atoms with Gasteiger partial charge in [0.1, 0.15) is 12.1 Å². The Hall–Kier alpha value is -2.34. The average molecular weight is 377 g/mol. The number of hydrogen-bond donors (Lipinski definition) is 2. The molecule has 0 unspecified atom stereocenters. The topological polar surface area (TPSA) is 86.7 Å². The normalized spacial score (nSPS) is 26.6. The smallest absolute Gasteiger partial charge is 0.326 e. The molecule has 0 spiro atoms. The Balaban J connectivity index is 1.84. The highest BCUT2D eigenvalue weighted by Gasteiger charge is 2.43. The van der Waals surface area contributed by atoms with Crippen molar-refractivity contribution in [1.82, 2.24) is 10.2 Å². The first-order valence-electron chi connectivity index (χ1n) is 8.65. The maximum absolute atomic E-state index is 13.0. The van der Waals surface area contributed by atoms with Crippen LogP contribution in [0.1, 0.15) is 41.6 Å². The number of aryl methyl sites for hydroxylation is 1. The predicted octanol–water partition coefficient (Wildman–Crippen LogP) is 2.54. The lowest BCUT2D eigenvalue weighted by atomic mass is 10.0. The van der Waals surface area contributed by atoms with Crippen molar-refractivity contribution in [3.63, 3.8) is 0 Å². The minimum absolute atomic E-state index is 0.132. The van der Waals surface area contributed by atoms with E-state index in [1.807, 2.05) is 12.2 Å². The van der Waals surface area contributed by atoms with Gasteiger partial charge in [0, 0.05) is 16.6 Å². The Kier molecular flexibility index (Phi) is 5.32. The van der Waals surface area contributed by atoms with E-state index in [4.69, 9.17) is 11.6 Å². The second-order valence-electron chi connectivity index (χ2n) is 6.76. The second-order valence-corrected chi connectivity index (χ2v) is 7.20. The summed E-state index contributed by atoms with van der Waals surface area (Å²) in [4.78, 5) is 38.6. The summed E-state index contributed by atoms with van der Waals surface area (Å²) in [5.41, 5.74) is 1.16. The molecule has 1 saturated heterocycles. The van der Waals surface area contributed by atoms with Crippen LogP contribution in [0.3, 0.4) is 0 Å². The number of rotatable bonds is 3. The maximum atomic E-state index is 13.0. The van der Waals surface area contributed by atoms with Crippen molar-refractivity contribution in [3.05, 3.63) is 46.5 Å². The van der Waals surface area contributed by atoms with E-state index in [-0.39, 0.29) is 17.9 Å². The van der Waals surface area contributed by atoms with Crippen molar-refractivity contribution in [2.45, 2.75) is 50.7 Å². The largest absolute Gasteiger partial charge is 0.480 e. The molecule has 7 heteroatoms. The number of benzene rings is 1. The first-order chi connectivity index (χ1) is 12.4. The van der Waals surface area contributed by atoms with Gasteiger partial charge in [-0.05, 0) is 50.3 Å². The molecule has 2 N–H and O–H groups in total. The fourth-order valence-electron chi connectivity index (χ4n) is 3.65. The van der Waals surface area contributed by atoms with Gasteiger partial charge in [-0.2, -0.15) is 0 Å². The molecular formula is C19H21ClN2O4. The molecule has 2 aliphatic heterocycles. The molecule has 26 heavy (non-hydrogen) atoms. The van der Waals surface area contributed by atoms with Gasteiger partial charge in [0.2, 0.25) is 5.91 Å². The fraction of sp³-hybridized carbons (Fsp3) is 0.421. The Morgan fingerprint density at radius 2 is 1.96 bits per heavy atom. The lowest BCUT2D eigenvalue weighted by Gasteiger charge is -2.32. The van der Waals surface area contributed by atoms with Gasteiger partial charge in [0.05, 0.1) is 0 Å². The van der Waals surface area contributed by atoms with Crippen LogP contribution in [0.2, 0.25) is 5.02 Å². The van der Waals surface area contributed by atoms with Crippen LogP contribution in [0.4, 0.5) is 0 Å². The third kappa shape index (κ3) is 3.60. The van der Waals surface area contributed by atoms with E-state index in [9.17, 15) is 19.5 Å². The van der Waals surface area contributed by atoms with Crippen LogP contribution in [0.15, 0.2) is 30.4 Å². The van der Waals surface area contributed by atoms with Crippen molar-refractivity contribution in [3.8, 4) is 0 Å². The average Bonchev–Trinajstić information content (AvgIpc) is 3.01. The number of carboxylic acids is 1. The van der Waals surface area contributed by atoms with Gasteiger partial charge in [-0.3, -0.25) is 9.59 Å². The minimum atomic E-state index is -0.999. The van der Waals surface area contributed by atoms with E-state index in [1.165, 1.54) is 4.90 Å². The SMILES string of the molecule is Cc1ccc(Cl)cc1C(=O)N[C@H]1C/C=C\C[C@@H]2CC[C@@H](C(=O)O)N2C1=O. The Morgan fingerprint density at radius 1 is 1.23 bits per heavy atom. The Labute approximate surface area is 156 Å². The third-order valence-electron chi connectivity index (χ3n) is 5.04. The maximum Gasteiger partial charge on any atom is 0.326 e. The summed E-state index contributed by atoms with van der Waals surface area (Å²) in [7, 11) is 0. The Bertz CT molecular complexity index is 777. The number of nitrogens with zero attached hydrogens (tertiary/aromatic N) is 1. The van der Waals surface area contributed by atoms with Gasteiger partial charge in [-0.15, -0.1) is 0 Å². The zero-order valence-corrected chi connectivity index (χ0v) is 15.2. The number of amides is 2. The van der Waals surface area contributed by atoms with E-state index in [2.05, 4.69) is 5.32 Å². The van der Waals surface area contributed by atoms with Crippen LogP contribution >= 0.6 is 11.6 Å². The summed E-state index contributed by atoms with van der Waals surface area (Å²) in [6, 6.07) is 3.25. The number of aliphatic carboxylic acids is 1. The molecule has 1 fully saturated rings. The van der Waals surface area contributed by atoms with Crippen molar-refractivity contribution < 1.29 is 19.5 Å². The molecule has 0 bridgehead atoms. The highest BCUT2D eigenvalue weighted by Crippen LogP contribution is 2.29. The molecule has 138 valence electrons. The van der Waals surface area contributed by atoms with Crippen LogP contribution in [0, 0.1) is 6.92 Å². The molecule has 2 heterocycles. The number of carboxylic acid groups (broad SMARTS) is 1. The highest BCUT2D eigenvalue weighted by molar-refractivity contribution is 6.31. The van der Waals surface area contributed by atoms with E-state index in [1.54, 1.807) is 25.1 Å². The summed E-state index contributed by atoms with van der Waals surface area (Å²) >= 11 is 5.98. The number of nitrogens with one attached hydrogen (secondary N) is 1. The van der Waals surface area contributed by atoms with Crippen LogP contribution < -0.4 is 5.32 Å². The van der Waals surface area contributed by atoms with E-state index >= 15 is 0 Å². The summed E-state index contributed by atoms with van der Waals surface area (Å²) < 4.78 is 0. The minimum Gasteiger partial charge on any atom is -0.480 e. The van der Waals surface area contributed by atoms with Crippen LogP contribution in [0.25, 0.3) is 0 Å². The molecule has 2 aliphatic rings.